The Morgan fingerprint density at radius 1 is 1.32 bits per heavy atom. The number of benzene rings is 1. The number of nitrogens with zero attached hydrogens (tertiary/aromatic N) is 3. The van der Waals surface area contributed by atoms with Crippen LogP contribution in [0.15, 0.2) is 36.9 Å². The van der Waals surface area contributed by atoms with Crippen LogP contribution in [-0.4, -0.2) is 33.8 Å². The molecule has 2 heterocycles. The third kappa shape index (κ3) is 3.41. The highest BCUT2D eigenvalue weighted by molar-refractivity contribution is 5.85. The molecule has 4 rings (SSSR count). The molecule has 134 valence electrons. The summed E-state index contributed by atoms with van der Waals surface area (Å²) in [6, 6.07) is 8.05. The maximum atomic E-state index is 12.9. The van der Waals surface area contributed by atoms with Gasteiger partial charge in [0.05, 0.1) is 11.1 Å². The lowest BCUT2D eigenvalue weighted by Crippen LogP contribution is -2.47. The average Bonchev–Trinajstić information content (AvgIpc) is 3.30. The molecule has 2 atom stereocenters. The molecule has 2 fully saturated rings. The van der Waals surface area contributed by atoms with Crippen molar-refractivity contribution in [1.82, 2.24) is 25.4 Å². The van der Waals surface area contributed by atoms with E-state index in [4.69, 9.17) is 0 Å². The summed E-state index contributed by atoms with van der Waals surface area (Å²) in [5.74, 6) is 0.721. The fraction of sp³-hybridized carbons (Fsp3) is 0.500. The third-order valence-corrected chi connectivity index (χ3v) is 5.56. The van der Waals surface area contributed by atoms with E-state index in [1.165, 1.54) is 19.2 Å². The summed E-state index contributed by atoms with van der Waals surface area (Å²) < 4.78 is 1.72. The number of hydrogen-bond donors (Lipinski definition) is 2. The Kier molecular flexibility index (Phi) is 5.39. The Morgan fingerprint density at radius 3 is 2.92 bits per heavy atom. The van der Waals surface area contributed by atoms with Gasteiger partial charge in [-0.15, -0.1) is 12.4 Å². The van der Waals surface area contributed by atoms with Gasteiger partial charge in [-0.05, 0) is 43.0 Å². The SMILES string of the molecule is Cl.O=C(NCc1ccc(-n2cncn2)cc1)[C@@]12CCCC[C@H]1CNC2. The first kappa shape index (κ1) is 17.9. The van der Waals surface area contributed by atoms with Crippen LogP contribution in [0.4, 0.5) is 0 Å². The van der Waals surface area contributed by atoms with Crippen LogP contribution < -0.4 is 10.6 Å². The molecule has 1 aromatic heterocycles. The van der Waals surface area contributed by atoms with Gasteiger partial charge in [-0.3, -0.25) is 4.79 Å². The molecule has 0 bridgehead atoms. The molecule has 2 N–H and O–H groups in total. The molecule has 1 aliphatic heterocycles. The fourth-order valence-electron chi connectivity index (χ4n) is 4.16. The lowest BCUT2D eigenvalue weighted by molar-refractivity contribution is -0.134. The lowest BCUT2D eigenvalue weighted by Gasteiger charge is -2.37. The Balaban J connectivity index is 0.00000182. The van der Waals surface area contributed by atoms with Crippen molar-refractivity contribution in [2.45, 2.75) is 32.2 Å². The molecule has 0 spiro atoms. The molecule has 0 unspecified atom stereocenters. The van der Waals surface area contributed by atoms with Crippen LogP contribution in [0.3, 0.4) is 0 Å². The second kappa shape index (κ2) is 7.54. The predicted octanol–water partition coefficient (Wildman–Crippen LogP) is 2.09. The summed E-state index contributed by atoms with van der Waals surface area (Å²) in [5.41, 5.74) is 1.88. The summed E-state index contributed by atoms with van der Waals surface area (Å²) >= 11 is 0. The smallest absolute Gasteiger partial charge is 0.228 e. The van der Waals surface area contributed by atoms with E-state index in [1.807, 2.05) is 24.3 Å². The maximum absolute atomic E-state index is 12.9. The Morgan fingerprint density at radius 2 is 2.16 bits per heavy atom. The van der Waals surface area contributed by atoms with Gasteiger partial charge >= 0.3 is 0 Å². The molecule has 7 heteroatoms. The van der Waals surface area contributed by atoms with Crippen molar-refractivity contribution in [1.29, 1.82) is 0 Å². The molecular weight excluding hydrogens is 338 g/mol. The zero-order chi connectivity index (χ0) is 16.4. The average molecular weight is 362 g/mol. The molecular formula is C18H24ClN5O. The normalized spacial score (nSPS) is 25.0. The molecule has 1 aromatic carbocycles. The number of amides is 1. The second-order valence-electron chi connectivity index (χ2n) is 6.92. The molecule has 2 aliphatic rings. The first-order valence-electron chi connectivity index (χ1n) is 8.71. The summed E-state index contributed by atoms with van der Waals surface area (Å²) in [6.07, 6.45) is 7.80. The van der Waals surface area contributed by atoms with Gasteiger partial charge in [-0.2, -0.15) is 5.10 Å². The van der Waals surface area contributed by atoms with Gasteiger partial charge in [0.1, 0.15) is 12.7 Å². The van der Waals surface area contributed by atoms with Crippen LogP contribution in [0.5, 0.6) is 0 Å². The van der Waals surface area contributed by atoms with Crippen LogP contribution in [-0.2, 0) is 11.3 Å². The van der Waals surface area contributed by atoms with Crippen LogP contribution in [0.2, 0.25) is 0 Å². The number of aromatic nitrogens is 3. The van der Waals surface area contributed by atoms with Crippen LogP contribution >= 0.6 is 12.4 Å². The zero-order valence-corrected chi connectivity index (χ0v) is 15.0. The number of nitrogens with one attached hydrogen (secondary N) is 2. The quantitative estimate of drug-likeness (QED) is 0.874. The Bertz CT molecular complexity index is 703. The topological polar surface area (TPSA) is 71.8 Å². The van der Waals surface area contributed by atoms with E-state index in [0.29, 0.717) is 12.5 Å². The summed E-state index contributed by atoms with van der Waals surface area (Å²) in [4.78, 5) is 16.8. The summed E-state index contributed by atoms with van der Waals surface area (Å²) in [6.45, 7) is 2.39. The summed E-state index contributed by atoms with van der Waals surface area (Å²) in [5, 5.41) is 10.7. The molecule has 1 aliphatic carbocycles. The van der Waals surface area contributed by atoms with Crippen LogP contribution in [0.25, 0.3) is 5.69 Å². The molecule has 1 amide bonds. The van der Waals surface area contributed by atoms with Gasteiger partial charge in [-0.1, -0.05) is 25.0 Å². The molecule has 6 nitrogen and oxygen atoms in total. The second-order valence-corrected chi connectivity index (χ2v) is 6.92. The Hall–Kier alpha value is -1.92. The first-order chi connectivity index (χ1) is 11.8. The van der Waals surface area contributed by atoms with Crippen molar-refractivity contribution >= 4 is 18.3 Å². The van der Waals surface area contributed by atoms with Crippen molar-refractivity contribution in [2.24, 2.45) is 11.3 Å². The van der Waals surface area contributed by atoms with E-state index in [2.05, 4.69) is 20.7 Å². The van der Waals surface area contributed by atoms with Gasteiger partial charge < -0.3 is 10.6 Å². The van der Waals surface area contributed by atoms with Gasteiger partial charge in [-0.25, -0.2) is 9.67 Å². The predicted molar refractivity (Wildman–Crippen MR) is 97.7 cm³/mol. The van der Waals surface area contributed by atoms with Gasteiger partial charge in [0, 0.05) is 13.1 Å². The van der Waals surface area contributed by atoms with Crippen LogP contribution in [0, 0.1) is 11.3 Å². The standard InChI is InChI=1S/C18H23N5O.ClH/c24-17(18-8-2-1-3-15(18)10-19-11-18)21-9-14-4-6-16(7-5-14)23-13-20-12-22-23;/h4-7,12-13,15,19H,1-3,8-11H2,(H,21,24);1H/t15-,18+;/m0./s1. The van der Waals surface area contributed by atoms with Crippen molar-refractivity contribution < 1.29 is 4.79 Å². The minimum atomic E-state index is -0.182. The van der Waals surface area contributed by atoms with E-state index in [9.17, 15) is 4.79 Å². The number of carbonyl (C=O) groups is 1. The van der Waals surface area contributed by atoms with E-state index < -0.39 is 0 Å². The zero-order valence-electron chi connectivity index (χ0n) is 14.1. The molecule has 25 heavy (non-hydrogen) atoms. The van der Waals surface area contributed by atoms with E-state index >= 15 is 0 Å². The first-order valence-corrected chi connectivity index (χ1v) is 8.71. The molecule has 0 radical (unpaired) electrons. The number of halogens is 1. The van der Waals surface area contributed by atoms with Crippen molar-refractivity contribution in [3.05, 3.63) is 42.5 Å². The van der Waals surface area contributed by atoms with Gasteiger partial charge in [0.15, 0.2) is 0 Å². The van der Waals surface area contributed by atoms with E-state index in [0.717, 1.165) is 37.2 Å². The molecule has 1 saturated carbocycles. The van der Waals surface area contributed by atoms with Crippen LogP contribution in [0.1, 0.15) is 31.2 Å². The number of rotatable bonds is 4. The highest BCUT2D eigenvalue weighted by Gasteiger charge is 2.49. The minimum Gasteiger partial charge on any atom is -0.351 e. The van der Waals surface area contributed by atoms with Gasteiger partial charge in [0.2, 0.25) is 5.91 Å². The highest BCUT2D eigenvalue weighted by Crippen LogP contribution is 2.43. The molecule has 2 aromatic rings. The van der Waals surface area contributed by atoms with Gasteiger partial charge in [0.25, 0.3) is 0 Å². The fourth-order valence-corrected chi connectivity index (χ4v) is 4.16. The monoisotopic (exact) mass is 361 g/mol. The number of carbonyl (C=O) groups excluding carboxylic acids is 1. The minimum absolute atomic E-state index is 0. The van der Waals surface area contributed by atoms with E-state index in [-0.39, 0.29) is 23.7 Å². The Labute approximate surface area is 153 Å². The van der Waals surface area contributed by atoms with Crippen molar-refractivity contribution in [2.75, 3.05) is 13.1 Å². The third-order valence-electron chi connectivity index (χ3n) is 5.56. The summed E-state index contributed by atoms with van der Waals surface area (Å²) in [7, 11) is 0. The van der Waals surface area contributed by atoms with Crippen molar-refractivity contribution in [3.63, 3.8) is 0 Å². The maximum Gasteiger partial charge on any atom is 0.228 e. The van der Waals surface area contributed by atoms with E-state index in [1.54, 1.807) is 11.0 Å². The molecule has 1 saturated heterocycles. The number of hydrogen-bond acceptors (Lipinski definition) is 4. The van der Waals surface area contributed by atoms with Crippen molar-refractivity contribution in [3.8, 4) is 5.69 Å². The largest absolute Gasteiger partial charge is 0.351 e. The number of fused-ring (bicyclic) bond motifs is 1. The highest BCUT2D eigenvalue weighted by atomic mass is 35.5. The lowest BCUT2D eigenvalue weighted by atomic mass is 9.67.